The second-order valence-corrected chi connectivity index (χ2v) is 7.23. The molecular weight excluding hydrogens is 332 g/mol. The Bertz CT molecular complexity index is 716. The van der Waals surface area contributed by atoms with Gasteiger partial charge in [-0.2, -0.15) is 0 Å². The summed E-state index contributed by atoms with van der Waals surface area (Å²) in [5.41, 5.74) is 5.18. The number of aromatic amines is 1. The number of unbranched alkanes of at least 4 members (excludes halogenated alkanes) is 1. The molecule has 0 saturated heterocycles. The highest BCUT2D eigenvalue weighted by Crippen LogP contribution is 2.29. The zero-order chi connectivity index (χ0) is 19.1. The van der Waals surface area contributed by atoms with Crippen LogP contribution in [-0.2, 0) is 11.3 Å². The summed E-state index contributed by atoms with van der Waals surface area (Å²) in [7, 11) is 0. The van der Waals surface area contributed by atoms with Crippen molar-refractivity contribution in [3.8, 4) is 0 Å². The fourth-order valence-corrected chi connectivity index (χ4v) is 3.72. The zero-order valence-corrected chi connectivity index (χ0v) is 16.1. The molecule has 1 amide bonds. The Morgan fingerprint density at radius 2 is 1.92 bits per heavy atom. The molecule has 1 aliphatic rings. The predicted molar refractivity (Wildman–Crippen MR) is 104 cm³/mol. The lowest BCUT2D eigenvalue weighted by atomic mass is 10.0. The van der Waals surface area contributed by atoms with Crippen molar-refractivity contribution >= 4 is 17.4 Å². The Labute approximate surface area is 154 Å². The maximum atomic E-state index is 12.9. The van der Waals surface area contributed by atoms with Gasteiger partial charge in [-0.25, -0.2) is 4.79 Å². The van der Waals surface area contributed by atoms with Gasteiger partial charge in [0.15, 0.2) is 5.69 Å². The van der Waals surface area contributed by atoms with Crippen LogP contribution < -0.4 is 21.9 Å². The number of carbonyl (C=O) groups is 1. The second-order valence-electron chi connectivity index (χ2n) is 7.23. The molecule has 1 fully saturated rings. The summed E-state index contributed by atoms with van der Waals surface area (Å²) in [6.07, 6.45) is 8.52. The average Bonchev–Trinajstić information content (AvgIpc) is 3.12. The highest BCUT2D eigenvalue weighted by molar-refractivity contribution is 5.95. The molecular formula is C19H32N4O3. The largest absolute Gasteiger partial charge is 0.383 e. The number of amides is 1. The van der Waals surface area contributed by atoms with Crippen LogP contribution in [0.4, 0.5) is 11.5 Å². The summed E-state index contributed by atoms with van der Waals surface area (Å²) < 4.78 is 1.35. The highest BCUT2D eigenvalue weighted by atomic mass is 16.2. The highest BCUT2D eigenvalue weighted by Gasteiger charge is 2.25. The first-order chi connectivity index (χ1) is 12.5. The van der Waals surface area contributed by atoms with E-state index in [1.54, 1.807) is 0 Å². The minimum atomic E-state index is -0.579. The van der Waals surface area contributed by atoms with E-state index in [2.05, 4.69) is 4.98 Å². The number of aromatic nitrogens is 2. The van der Waals surface area contributed by atoms with Crippen LogP contribution in [0.15, 0.2) is 9.59 Å². The van der Waals surface area contributed by atoms with Gasteiger partial charge in [-0.1, -0.05) is 46.0 Å². The lowest BCUT2D eigenvalue weighted by Crippen LogP contribution is -2.41. The van der Waals surface area contributed by atoms with Crippen LogP contribution in [0.1, 0.15) is 71.6 Å². The number of nitrogen functional groups attached to an aromatic ring is 1. The maximum Gasteiger partial charge on any atom is 0.330 e. The summed E-state index contributed by atoms with van der Waals surface area (Å²) >= 11 is 0. The van der Waals surface area contributed by atoms with Gasteiger partial charge in [0.1, 0.15) is 5.82 Å². The predicted octanol–water partition coefficient (Wildman–Crippen LogP) is 2.63. The number of rotatable bonds is 9. The van der Waals surface area contributed by atoms with E-state index in [9.17, 15) is 14.4 Å². The quantitative estimate of drug-likeness (QED) is 0.703. The normalized spacial score (nSPS) is 14.7. The third kappa shape index (κ3) is 4.77. The molecule has 0 radical (unpaired) electrons. The Morgan fingerprint density at radius 3 is 2.54 bits per heavy atom. The Hall–Kier alpha value is -2.05. The average molecular weight is 364 g/mol. The first-order valence-corrected chi connectivity index (χ1v) is 9.92. The summed E-state index contributed by atoms with van der Waals surface area (Å²) in [6.45, 7) is 4.81. The standard InChI is InChI=1S/C19H32N4O3/c1-3-5-13-22(15(24)11-10-14-8-6-7-9-14)16-17(20)23(12-4-2)19(26)21-18(16)25/h14H,3-13,20H2,1-2H3,(H,21,25,26). The summed E-state index contributed by atoms with van der Waals surface area (Å²) in [6, 6.07) is 0. The molecule has 1 aromatic rings. The number of nitrogens with one attached hydrogen (secondary N) is 1. The Morgan fingerprint density at radius 1 is 1.23 bits per heavy atom. The van der Waals surface area contributed by atoms with Crippen LogP contribution in [0.2, 0.25) is 0 Å². The van der Waals surface area contributed by atoms with Gasteiger partial charge < -0.3 is 10.6 Å². The summed E-state index contributed by atoms with van der Waals surface area (Å²) in [5.74, 6) is 0.617. The molecule has 0 bridgehead atoms. The first-order valence-electron chi connectivity index (χ1n) is 9.92. The van der Waals surface area contributed by atoms with Crippen molar-refractivity contribution in [3.63, 3.8) is 0 Å². The van der Waals surface area contributed by atoms with Crippen molar-refractivity contribution in [1.82, 2.24) is 9.55 Å². The van der Waals surface area contributed by atoms with Crippen molar-refractivity contribution in [1.29, 1.82) is 0 Å². The number of nitrogens with zero attached hydrogens (tertiary/aromatic N) is 2. The molecule has 3 N–H and O–H groups in total. The van der Waals surface area contributed by atoms with Crippen LogP contribution in [0.25, 0.3) is 0 Å². The minimum Gasteiger partial charge on any atom is -0.383 e. The van der Waals surface area contributed by atoms with Gasteiger partial charge in [-0.3, -0.25) is 19.1 Å². The molecule has 26 heavy (non-hydrogen) atoms. The zero-order valence-electron chi connectivity index (χ0n) is 16.1. The van der Waals surface area contributed by atoms with Crippen LogP contribution in [-0.4, -0.2) is 22.0 Å². The molecule has 0 aromatic carbocycles. The minimum absolute atomic E-state index is 0.0794. The SMILES string of the molecule is CCCCN(C(=O)CCC1CCCC1)c1c(N)n(CCC)c(=O)[nH]c1=O. The van der Waals surface area contributed by atoms with Gasteiger partial charge in [0.2, 0.25) is 5.91 Å². The molecule has 1 aromatic heterocycles. The van der Waals surface area contributed by atoms with Gasteiger partial charge in [0.25, 0.3) is 5.56 Å². The number of H-pyrrole nitrogens is 1. The smallest absolute Gasteiger partial charge is 0.330 e. The summed E-state index contributed by atoms with van der Waals surface area (Å²) in [4.78, 5) is 41.2. The first kappa shape index (κ1) is 20.3. The summed E-state index contributed by atoms with van der Waals surface area (Å²) in [5, 5.41) is 0. The van der Waals surface area contributed by atoms with Crippen molar-refractivity contribution in [2.75, 3.05) is 17.2 Å². The van der Waals surface area contributed by atoms with Gasteiger partial charge in [-0.15, -0.1) is 0 Å². The molecule has 2 rings (SSSR count). The molecule has 0 aliphatic heterocycles. The molecule has 1 aliphatic carbocycles. The van der Waals surface area contributed by atoms with Crippen LogP contribution >= 0.6 is 0 Å². The number of hydrogen-bond acceptors (Lipinski definition) is 4. The van der Waals surface area contributed by atoms with Crippen molar-refractivity contribution in [2.24, 2.45) is 5.92 Å². The monoisotopic (exact) mass is 364 g/mol. The van der Waals surface area contributed by atoms with E-state index in [4.69, 9.17) is 5.73 Å². The molecule has 0 spiro atoms. The third-order valence-corrected chi connectivity index (χ3v) is 5.21. The maximum absolute atomic E-state index is 12.9. The van der Waals surface area contributed by atoms with Gasteiger partial charge in [-0.05, 0) is 25.2 Å². The lowest BCUT2D eigenvalue weighted by molar-refractivity contribution is -0.118. The Balaban J connectivity index is 2.30. The lowest BCUT2D eigenvalue weighted by Gasteiger charge is -2.25. The third-order valence-electron chi connectivity index (χ3n) is 5.21. The van der Waals surface area contributed by atoms with E-state index in [0.717, 1.165) is 19.3 Å². The van der Waals surface area contributed by atoms with Crippen LogP contribution in [0.3, 0.4) is 0 Å². The number of hydrogen-bond donors (Lipinski definition) is 2. The second kappa shape index (κ2) is 9.59. The number of carbonyl (C=O) groups excluding carboxylic acids is 1. The van der Waals surface area contributed by atoms with Gasteiger partial charge in [0.05, 0.1) is 0 Å². The van der Waals surface area contributed by atoms with E-state index < -0.39 is 11.2 Å². The molecule has 7 nitrogen and oxygen atoms in total. The topological polar surface area (TPSA) is 101 Å². The van der Waals surface area contributed by atoms with Crippen LogP contribution in [0, 0.1) is 5.92 Å². The van der Waals surface area contributed by atoms with E-state index in [-0.39, 0.29) is 17.4 Å². The van der Waals surface area contributed by atoms with E-state index in [0.29, 0.717) is 31.8 Å². The fraction of sp³-hybridized carbons (Fsp3) is 0.737. The molecule has 0 atom stereocenters. The fourth-order valence-electron chi connectivity index (χ4n) is 3.72. The van der Waals surface area contributed by atoms with Crippen LogP contribution in [0.5, 0.6) is 0 Å². The number of nitrogens with two attached hydrogens (primary N) is 1. The molecule has 1 heterocycles. The van der Waals surface area contributed by atoms with Gasteiger partial charge >= 0.3 is 5.69 Å². The van der Waals surface area contributed by atoms with Gasteiger partial charge in [0, 0.05) is 19.5 Å². The van der Waals surface area contributed by atoms with E-state index in [1.807, 2.05) is 13.8 Å². The molecule has 1 saturated carbocycles. The molecule has 7 heteroatoms. The van der Waals surface area contributed by atoms with Crippen molar-refractivity contribution < 1.29 is 4.79 Å². The van der Waals surface area contributed by atoms with E-state index >= 15 is 0 Å². The molecule has 146 valence electrons. The van der Waals surface area contributed by atoms with Crippen molar-refractivity contribution in [3.05, 3.63) is 20.8 Å². The number of anilines is 2. The van der Waals surface area contributed by atoms with E-state index in [1.165, 1.54) is 35.2 Å². The Kier molecular flexibility index (Phi) is 7.48. The van der Waals surface area contributed by atoms with Crippen molar-refractivity contribution in [2.45, 2.75) is 78.2 Å². The molecule has 0 unspecified atom stereocenters.